The van der Waals surface area contributed by atoms with Crippen LogP contribution in [0.1, 0.15) is 21.6 Å². The summed E-state index contributed by atoms with van der Waals surface area (Å²) in [4.78, 5) is 20.1. The minimum absolute atomic E-state index is 0.261. The number of amides is 1. The summed E-state index contributed by atoms with van der Waals surface area (Å²) in [7, 11) is 0. The van der Waals surface area contributed by atoms with Gasteiger partial charge < -0.3 is 10.6 Å². The lowest BCUT2D eigenvalue weighted by Gasteiger charge is -2.08. The molecule has 26 heavy (non-hydrogen) atoms. The van der Waals surface area contributed by atoms with E-state index in [9.17, 15) is 9.18 Å². The van der Waals surface area contributed by atoms with Gasteiger partial charge in [-0.05, 0) is 42.0 Å². The number of nitriles is 1. The van der Waals surface area contributed by atoms with E-state index in [4.69, 9.17) is 5.26 Å². The highest BCUT2D eigenvalue weighted by Crippen LogP contribution is 2.13. The zero-order valence-electron chi connectivity index (χ0n) is 13.6. The molecule has 1 amide bonds. The maximum absolute atomic E-state index is 12.9. The van der Waals surface area contributed by atoms with E-state index in [1.54, 1.807) is 12.1 Å². The molecule has 3 rings (SSSR count). The summed E-state index contributed by atoms with van der Waals surface area (Å²) in [6.45, 7) is 0.521. The maximum Gasteiger partial charge on any atom is 0.255 e. The van der Waals surface area contributed by atoms with Gasteiger partial charge in [-0.25, -0.2) is 14.4 Å². The molecule has 6 nitrogen and oxygen atoms in total. The first-order valence-electron chi connectivity index (χ1n) is 7.76. The minimum atomic E-state index is -0.384. The zero-order chi connectivity index (χ0) is 18.4. The van der Waals surface area contributed by atoms with Crippen LogP contribution in [0.25, 0.3) is 0 Å². The summed E-state index contributed by atoms with van der Waals surface area (Å²) in [6, 6.07) is 14.6. The SMILES string of the molecule is N#Cc1cnc(NCc2ccc(NC(=O)c3ccc(F)cc3)cc2)cn1. The summed E-state index contributed by atoms with van der Waals surface area (Å²) >= 11 is 0. The van der Waals surface area contributed by atoms with E-state index >= 15 is 0 Å². The molecule has 1 heterocycles. The normalized spacial score (nSPS) is 10.0. The second kappa shape index (κ2) is 7.85. The van der Waals surface area contributed by atoms with Crippen molar-refractivity contribution in [3.8, 4) is 6.07 Å². The number of nitrogens with zero attached hydrogens (tertiary/aromatic N) is 3. The third-order valence-electron chi connectivity index (χ3n) is 3.56. The molecule has 3 aromatic rings. The van der Waals surface area contributed by atoms with Crippen LogP contribution in [0.5, 0.6) is 0 Å². The Morgan fingerprint density at radius 2 is 1.77 bits per heavy atom. The Morgan fingerprint density at radius 1 is 1.04 bits per heavy atom. The molecule has 0 fully saturated rings. The molecule has 0 saturated carbocycles. The highest BCUT2D eigenvalue weighted by molar-refractivity contribution is 6.04. The van der Waals surface area contributed by atoms with Crippen LogP contribution >= 0.6 is 0 Å². The Labute approximate surface area is 149 Å². The van der Waals surface area contributed by atoms with E-state index < -0.39 is 0 Å². The maximum atomic E-state index is 12.9. The molecule has 0 bridgehead atoms. The number of benzene rings is 2. The predicted molar refractivity (Wildman–Crippen MR) is 94.9 cm³/mol. The zero-order valence-corrected chi connectivity index (χ0v) is 13.6. The molecule has 0 radical (unpaired) electrons. The lowest BCUT2D eigenvalue weighted by molar-refractivity contribution is 0.102. The molecule has 2 N–H and O–H groups in total. The van der Waals surface area contributed by atoms with Crippen LogP contribution in [0.3, 0.4) is 0 Å². The molecule has 0 unspecified atom stereocenters. The molecular weight excluding hydrogens is 333 g/mol. The first-order valence-corrected chi connectivity index (χ1v) is 7.76. The van der Waals surface area contributed by atoms with Crippen molar-refractivity contribution in [2.75, 3.05) is 10.6 Å². The van der Waals surface area contributed by atoms with E-state index in [0.29, 0.717) is 23.6 Å². The molecule has 0 atom stereocenters. The largest absolute Gasteiger partial charge is 0.365 e. The van der Waals surface area contributed by atoms with E-state index in [-0.39, 0.29) is 17.4 Å². The molecule has 7 heteroatoms. The number of anilines is 2. The molecule has 0 aliphatic rings. The summed E-state index contributed by atoms with van der Waals surface area (Å²) in [5, 5.41) is 14.5. The summed E-state index contributed by atoms with van der Waals surface area (Å²) in [5.41, 5.74) is 2.27. The fourth-order valence-corrected chi connectivity index (χ4v) is 2.18. The van der Waals surface area contributed by atoms with Gasteiger partial charge in [-0.1, -0.05) is 12.1 Å². The second-order valence-corrected chi connectivity index (χ2v) is 5.41. The first kappa shape index (κ1) is 17.0. The lowest BCUT2D eigenvalue weighted by Crippen LogP contribution is -2.11. The number of aromatic nitrogens is 2. The number of halogens is 1. The summed E-state index contributed by atoms with van der Waals surface area (Å²) in [5.74, 6) is -0.119. The Balaban J connectivity index is 1.56. The number of rotatable bonds is 5. The van der Waals surface area contributed by atoms with E-state index in [1.165, 1.54) is 36.7 Å². The van der Waals surface area contributed by atoms with Crippen molar-refractivity contribution in [1.82, 2.24) is 9.97 Å². The third-order valence-corrected chi connectivity index (χ3v) is 3.56. The van der Waals surface area contributed by atoms with Gasteiger partial charge in [0.2, 0.25) is 0 Å². The second-order valence-electron chi connectivity index (χ2n) is 5.41. The van der Waals surface area contributed by atoms with Gasteiger partial charge in [-0.15, -0.1) is 0 Å². The quantitative estimate of drug-likeness (QED) is 0.738. The van der Waals surface area contributed by atoms with Gasteiger partial charge in [0.05, 0.1) is 12.4 Å². The van der Waals surface area contributed by atoms with Crippen LogP contribution in [0.4, 0.5) is 15.9 Å². The average molecular weight is 347 g/mol. The standard InChI is InChI=1S/C19H14FN5O/c20-15-5-3-14(4-6-15)19(26)25-16-7-1-13(2-8-16)10-23-18-12-22-17(9-21)11-24-18/h1-8,11-12H,10H2,(H,23,24)(H,25,26). The molecular formula is C19H14FN5O. The van der Waals surface area contributed by atoms with Crippen LogP contribution < -0.4 is 10.6 Å². The molecule has 2 aromatic carbocycles. The van der Waals surface area contributed by atoms with Crippen molar-refractivity contribution < 1.29 is 9.18 Å². The van der Waals surface area contributed by atoms with Crippen molar-refractivity contribution in [1.29, 1.82) is 5.26 Å². The monoisotopic (exact) mass is 347 g/mol. The van der Waals surface area contributed by atoms with Crippen molar-refractivity contribution in [3.05, 3.63) is 83.6 Å². The van der Waals surface area contributed by atoms with Gasteiger partial charge in [0.25, 0.3) is 5.91 Å². The minimum Gasteiger partial charge on any atom is -0.365 e. The van der Waals surface area contributed by atoms with Crippen LogP contribution in [0.15, 0.2) is 60.9 Å². The fraction of sp³-hybridized carbons (Fsp3) is 0.0526. The van der Waals surface area contributed by atoms with Crippen molar-refractivity contribution in [2.45, 2.75) is 6.54 Å². The van der Waals surface area contributed by atoms with Gasteiger partial charge in [0, 0.05) is 17.8 Å². The van der Waals surface area contributed by atoms with Crippen LogP contribution in [-0.2, 0) is 6.54 Å². The van der Waals surface area contributed by atoms with Gasteiger partial charge in [0.1, 0.15) is 17.7 Å². The van der Waals surface area contributed by atoms with E-state index in [0.717, 1.165) is 5.56 Å². The number of carbonyl (C=O) groups excluding carboxylic acids is 1. The van der Waals surface area contributed by atoms with Crippen molar-refractivity contribution in [3.63, 3.8) is 0 Å². The number of nitrogens with one attached hydrogen (secondary N) is 2. The molecule has 0 aliphatic heterocycles. The summed E-state index contributed by atoms with van der Waals surface area (Å²) in [6.07, 6.45) is 2.90. The third kappa shape index (κ3) is 4.39. The van der Waals surface area contributed by atoms with Crippen molar-refractivity contribution >= 4 is 17.4 Å². The summed E-state index contributed by atoms with van der Waals surface area (Å²) < 4.78 is 12.9. The van der Waals surface area contributed by atoms with E-state index in [1.807, 2.05) is 18.2 Å². The first-order chi connectivity index (χ1) is 12.6. The lowest BCUT2D eigenvalue weighted by atomic mass is 10.2. The Morgan fingerprint density at radius 3 is 2.38 bits per heavy atom. The molecule has 0 saturated heterocycles. The average Bonchev–Trinajstić information content (AvgIpc) is 2.68. The molecule has 1 aromatic heterocycles. The molecule has 0 spiro atoms. The van der Waals surface area contributed by atoms with Gasteiger partial charge in [-0.3, -0.25) is 4.79 Å². The fourth-order valence-electron chi connectivity index (χ4n) is 2.18. The number of hydrogen-bond acceptors (Lipinski definition) is 5. The van der Waals surface area contributed by atoms with Crippen LogP contribution in [-0.4, -0.2) is 15.9 Å². The number of hydrogen-bond donors (Lipinski definition) is 2. The molecule has 128 valence electrons. The van der Waals surface area contributed by atoms with Gasteiger partial charge >= 0.3 is 0 Å². The van der Waals surface area contributed by atoms with Crippen LogP contribution in [0, 0.1) is 17.1 Å². The Hall–Kier alpha value is -3.79. The highest BCUT2D eigenvalue weighted by atomic mass is 19.1. The number of carbonyl (C=O) groups is 1. The predicted octanol–water partition coefficient (Wildman–Crippen LogP) is 3.35. The van der Waals surface area contributed by atoms with Gasteiger partial charge in [0.15, 0.2) is 5.69 Å². The van der Waals surface area contributed by atoms with Gasteiger partial charge in [-0.2, -0.15) is 5.26 Å². The van der Waals surface area contributed by atoms with Crippen molar-refractivity contribution in [2.24, 2.45) is 0 Å². The smallest absolute Gasteiger partial charge is 0.255 e. The Kier molecular flexibility index (Phi) is 5.15. The highest BCUT2D eigenvalue weighted by Gasteiger charge is 2.06. The topological polar surface area (TPSA) is 90.7 Å². The van der Waals surface area contributed by atoms with E-state index in [2.05, 4.69) is 20.6 Å². The van der Waals surface area contributed by atoms with Crippen LogP contribution in [0.2, 0.25) is 0 Å². The Bertz CT molecular complexity index is 932. The molecule has 0 aliphatic carbocycles.